The first kappa shape index (κ1) is 17.6. The Balaban J connectivity index is 1.48. The number of amides is 1. The standard InChI is InChI=1S/C20H20N4O2/c21-19(25)14-26-18-8-6-15(7-9-18)10-22-11-16-12-23-20(24-13-16)17-4-2-1-3-5-17/h1-9,12-13,22H,10-11,14H2,(H2,21,25). The Labute approximate surface area is 152 Å². The molecule has 3 N–H and O–H groups in total. The van der Waals surface area contributed by atoms with Gasteiger partial charge in [-0.05, 0) is 17.7 Å². The number of nitrogens with zero attached hydrogens (tertiary/aromatic N) is 2. The molecule has 1 aromatic heterocycles. The van der Waals surface area contributed by atoms with Crippen molar-refractivity contribution in [2.45, 2.75) is 13.1 Å². The summed E-state index contributed by atoms with van der Waals surface area (Å²) in [4.78, 5) is 19.5. The molecule has 0 spiro atoms. The molecule has 1 amide bonds. The fraction of sp³-hybridized carbons (Fsp3) is 0.150. The molecule has 6 heteroatoms. The maximum absolute atomic E-state index is 10.7. The van der Waals surface area contributed by atoms with Crippen LogP contribution < -0.4 is 15.8 Å². The lowest BCUT2D eigenvalue weighted by Gasteiger charge is -2.07. The molecule has 132 valence electrons. The Hall–Kier alpha value is -3.25. The van der Waals surface area contributed by atoms with Crippen molar-refractivity contribution in [1.82, 2.24) is 15.3 Å². The summed E-state index contributed by atoms with van der Waals surface area (Å²) in [6.07, 6.45) is 3.67. The Bertz CT molecular complexity index is 834. The van der Waals surface area contributed by atoms with Crippen LogP contribution in [0, 0.1) is 0 Å². The number of nitrogens with two attached hydrogens (primary N) is 1. The number of primary amides is 1. The second-order valence-corrected chi connectivity index (χ2v) is 5.78. The molecule has 0 saturated heterocycles. The highest BCUT2D eigenvalue weighted by Crippen LogP contribution is 2.14. The van der Waals surface area contributed by atoms with Gasteiger partial charge in [0.25, 0.3) is 5.91 Å². The fourth-order valence-electron chi connectivity index (χ4n) is 2.39. The molecule has 3 rings (SSSR count). The van der Waals surface area contributed by atoms with Gasteiger partial charge in [0.2, 0.25) is 0 Å². The average Bonchev–Trinajstić information content (AvgIpc) is 2.68. The number of nitrogens with one attached hydrogen (secondary N) is 1. The minimum absolute atomic E-state index is 0.115. The van der Waals surface area contributed by atoms with Crippen LogP contribution >= 0.6 is 0 Å². The molecular weight excluding hydrogens is 328 g/mol. The number of carbonyl (C=O) groups excluding carboxylic acids is 1. The summed E-state index contributed by atoms with van der Waals surface area (Å²) >= 11 is 0. The van der Waals surface area contributed by atoms with Crippen molar-refractivity contribution >= 4 is 5.91 Å². The van der Waals surface area contributed by atoms with Gasteiger partial charge >= 0.3 is 0 Å². The minimum Gasteiger partial charge on any atom is -0.484 e. The molecule has 0 fully saturated rings. The number of benzene rings is 2. The zero-order valence-corrected chi connectivity index (χ0v) is 14.3. The lowest BCUT2D eigenvalue weighted by Crippen LogP contribution is -2.20. The smallest absolute Gasteiger partial charge is 0.255 e. The fourth-order valence-corrected chi connectivity index (χ4v) is 2.39. The second kappa shape index (κ2) is 8.73. The van der Waals surface area contributed by atoms with Crippen LogP contribution in [-0.4, -0.2) is 22.5 Å². The van der Waals surface area contributed by atoms with E-state index in [9.17, 15) is 4.79 Å². The zero-order chi connectivity index (χ0) is 18.2. The van der Waals surface area contributed by atoms with Crippen molar-refractivity contribution in [3.63, 3.8) is 0 Å². The number of rotatable bonds is 8. The van der Waals surface area contributed by atoms with Crippen LogP contribution in [-0.2, 0) is 17.9 Å². The van der Waals surface area contributed by atoms with Crippen LogP contribution in [0.15, 0.2) is 67.0 Å². The van der Waals surface area contributed by atoms with E-state index in [1.54, 1.807) is 0 Å². The van der Waals surface area contributed by atoms with Gasteiger partial charge in [0, 0.05) is 36.6 Å². The Morgan fingerprint density at radius 2 is 1.58 bits per heavy atom. The van der Waals surface area contributed by atoms with Gasteiger partial charge in [0.1, 0.15) is 5.75 Å². The molecule has 2 aromatic carbocycles. The normalized spacial score (nSPS) is 10.5. The van der Waals surface area contributed by atoms with Gasteiger partial charge in [-0.25, -0.2) is 9.97 Å². The summed E-state index contributed by atoms with van der Waals surface area (Å²) in [6.45, 7) is 1.27. The van der Waals surface area contributed by atoms with Gasteiger partial charge in [-0.3, -0.25) is 4.79 Å². The lowest BCUT2D eigenvalue weighted by atomic mass is 10.2. The van der Waals surface area contributed by atoms with Crippen LogP contribution in [0.3, 0.4) is 0 Å². The van der Waals surface area contributed by atoms with Crippen molar-refractivity contribution in [1.29, 1.82) is 0 Å². The Morgan fingerprint density at radius 1 is 0.923 bits per heavy atom. The molecule has 0 aliphatic rings. The molecular formula is C20H20N4O2. The monoisotopic (exact) mass is 348 g/mol. The highest BCUT2D eigenvalue weighted by molar-refractivity contribution is 5.75. The third-order valence-corrected chi connectivity index (χ3v) is 3.70. The third-order valence-electron chi connectivity index (χ3n) is 3.70. The van der Waals surface area contributed by atoms with Crippen LogP contribution in [0.4, 0.5) is 0 Å². The number of hydrogen-bond donors (Lipinski definition) is 2. The molecule has 3 aromatic rings. The van der Waals surface area contributed by atoms with E-state index in [1.165, 1.54) is 0 Å². The molecule has 0 aliphatic heterocycles. The zero-order valence-electron chi connectivity index (χ0n) is 14.3. The summed E-state index contributed by atoms with van der Waals surface area (Å²) in [5.74, 6) is 0.856. The van der Waals surface area contributed by atoms with Crippen LogP contribution in [0.1, 0.15) is 11.1 Å². The number of ether oxygens (including phenoxy) is 1. The quantitative estimate of drug-likeness (QED) is 0.652. The van der Waals surface area contributed by atoms with Gasteiger partial charge < -0.3 is 15.8 Å². The van der Waals surface area contributed by atoms with E-state index >= 15 is 0 Å². The summed E-state index contributed by atoms with van der Waals surface area (Å²) in [5, 5.41) is 3.35. The van der Waals surface area contributed by atoms with Gasteiger partial charge in [0.05, 0.1) is 0 Å². The summed E-state index contributed by atoms with van der Waals surface area (Å²) in [6, 6.07) is 17.4. The van der Waals surface area contributed by atoms with Crippen molar-refractivity contribution in [3.05, 3.63) is 78.1 Å². The lowest BCUT2D eigenvalue weighted by molar-refractivity contribution is -0.119. The van der Waals surface area contributed by atoms with E-state index in [1.807, 2.05) is 67.0 Å². The van der Waals surface area contributed by atoms with E-state index < -0.39 is 5.91 Å². The van der Waals surface area contributed by atoms with Gasteiger partial charge in [-0.15, -0.1) is 0 Å². The molecule has 0 unspecified atom stereocenters. The summed E-state index contributed by atoms with van der Waals surface area (Å²) < 4.78 is 5.23. The highest BCUT2D eigenvalue weighted by atomic mass is 16.5. The maximum Gasteiger partial charge on any atom is 0.255 e. The predicted molar refractivity (Wildman–Crippen MR) is 99.1 cm³/mol. The molecule has 0 aliphatic carbocycles. The van der Waals surface area contributed by atoms with E-state index in [0.29, 0.717) is 18.8 Å². The summed E-state index contributed by atoms with van der Waals surface area (Å²) in [7, 11) is 0. The van der Waals surface area contributed by atoms with Gasteiger partial charge in [-0.1, -0.05) is 42.5 Å². The molecule has 0 radical (unpaired) electrons. The van der Waals surface area contributed by atoms with Crippen molar-refractivity contribution < 1.29 is 9.53 Å². The number of hydrogen-bond acceptors (Lipinski definition) is 5. The van der Waals surface area contributed by atoms with Crippen LogP contribution in [0.5, 0.6) is 5.75 Å². The molecule has 6 nitrogen and oxygen atoms in total. The van der Waals surface area contributed by atoms with Crippen molar-refractivity contribution in [3.8, 4) is 17.1 Å². The van der Waals surface area contributed by atoms with Gasteiger partial charge in [-0.2, -0.15) is 0 Å². The van der Waals surface area contributed by atoms with Crippen LogP contribution in [0.2, 0.25) is 0 Å². The molecule has 26 heavy (non-hydrogen) atoms. The summed E-state index contributed by atoms with van der Waals surface area (Å²) in [5.41, 5.74) is 8.18. The van der Waals surface area contributed by atoms with E-state index in [0.717, 1.165) is 22.5 Å². The Kier molecular flexibility index (Phi) is 5.90. The number of aromatic nitrogens is 2. The SMILES string of the molecule is NC(=O)COc1ccc(CNCc2cnc(-c3ccccc3)nc2)cc1. The Morgan fingerprint density at radius 3 is 2.23 bits per heavy atom. The van der Waals surface area contributed by atoms with E-state index in [2.05, 4.69) is 15.3 Å². The van der Waals surface area contributed by atoms with E-state index in [-0.39, 0.29) is 6.61 Å². The minimum atomic E-state index is -0.490. The first-order chi connectivity index (χ1) is 12.7. The van der Waals surface area contributed by atoms with Crippen molar-refractivity contribution in [2.24, 2.45) is 5.73 Å². The average molecular weight is 348 g/mol. The predicted octanol–water partition coefficient (Wildman–Crippen LogP) is 2.30. The molecule has 0 bridgehead atoms. The van der Waals surface area contributed by atoms with Crippen LogP contribution in [0.25, 0.3) is 11.4 Å². The highest BCUT2D eigenvalue weighted by Gasteiger charge is 2.02. The van der Waals surface area contributed by atoms with Gasteiger partial charge in [0.15, 0.2) is 12.4 Å². The first-order valence-corrected chi connectivity index (χ1v) is 8.28. The van der Waals surface area contributed by atoms with Crippen molar-refractivity contribution in [2.75, 3.05) is 6.61 Å². The molecule has 0 atom stereocenters. The maximum atomic E-state index is 10.7. The molecule has 0 saturated carbocycles. The largest absolute Gasteiger partial charge is 0.484 e. The third kappa shape index (κ3) is 5.12. The first-order valence-electron chi connectivity index (χ1n) is 8.28. The molecule has 1 heterocycles. The van der Waals surface area contributed by atoms with E-state index in [4.69, 9.17) is 10.5 Å². The number of carbonyl (C=O) groups is 1. The topological polar surface area (TPSA) is 90.1 Å². The second-order valence-electron chi connectivity index (χ2n) is 5.78.